The van der Waals surface area contributed by atoms with Crippen LogP contribution in [0.3, 0.4) is 0 Å². The number of benzene rings is 1. The van der Waals surface area contributed by atoms with Crippen molar-refractivity contribution in [3.63, 3.8) is 0 Å². The van der Waals surface area contributed by atoms with Gasteiger partial charge in [0.2, 0.25) is 5.78 Å². The largest absolute Gasteiger partial charge is 0.422 e. The number of likely N-dealkylation sites (N-methyl/N-ethyl adjacent to an activating group) is 2. The highest BCUT2D eigenvalue weighted by atomic mass is 16.4. The Labute approximate surface area is 162 Å². The van der Waals surface area contributed by atoms with E-state index in [9.17, 15) is 4.79 Å². The number of fused-ring (bicyclic) bond motifs is 2. The van der Waals surface area contributed by atoms with Gasteiger partial charge in [0.1, 0.15) is 5.58 Å². The zero-order valence-electron chi connectivity index (χ0n) is 16.5. The Hall–Kier alpha value is -3.19. The second-order valence-corrected chi connectivity index (χ2v) is 7.30. The third-order valence-corrected chi connectivity index (χ3v) is 4.78. The summed E-state index contributed by atoms with van der Waals surface area (Å²) in [4.78, 5) is 25.8. The molecule has 0 saturated heterocycles. The van der Waals surface area contributed by atoms with Crippen molar-refractivity contribution >= 4 is 22.4 Å². The fraction of sp³-hybridized carbons (Fsp3) is 0.286. The van der Waals surface area contributed by atoms with Crippen LogP contribution < -0.4 is 10.5 Å². The zero-order valence-corrected chi connectivity index (χ0v) is 16.5. The molecule has 0 fully saturated rings. The fourth-order valence-electron chi connectivity index (χ4n) is 3.08. The van der Waals surface area contributed by atoms with Crippen LogP contribution in [0.5, 0.6) is 0 Å². The average molecular weight is 377 g/mol. The van der Waals surface area contributed by atoms with Crippen LogP contribution in [0.1, 0.15) is 5.69 Å². The van der Waals surface area contributed by atoms with Crippen LogP contribution in [-0.2, 0) is 0 Å². The molecule has 0 amide bonds. The van der Waals surface area contributed by atoms with Crippen molar-refractivity contribution in [2.24, 2.45) is 0 Å². The maximum Gasteiger partial charge on any atom is 0.345 e. The normalized spacial score (nSPS) is 11.6. The van der Waals surface area contributed by atoms with Crippen molar-refractivity contribution in [1.29, 1.82) is 0 Å². The van der Waals surface area contributed by atoms with Gasteiger partial charge in [-0.15, -0.1) is 0 Å². The van der Waals surface area contributed by atoms with Crippen molar-refractivity contribution in [2.75, 3.05) is 39.1 Å². The number of anilines is 1. The molecule has 3 aromatic heterocycles. The number of hydrogen-bond donors (Lipinski definition) is 0. The molecule has 0 saturated carbocycles. The molecule has 0 spiro atoms. The average Bonchev–Trinajstić information content (AvgIpc) is 3.07. The van der Waals surface area contributed by atoms with E-state index in [2.05, 4.69) is 19.8 Å². The molecule has 0 aliphatic rings. The number of aromatic nitrogens is 3. The number of rotatable bonds is 5. The molecule has 4 aromatic rings. The molecule has 0 atom stereocenters. The Morgan fingerprint density at radius 1 is 1.07 bits per heavy atom. The Morgan fingerprint density at radius 2 is 1.89 bits per heavy atom. The minimum atomic E-state index is -0.402. The van der Waals surface area contributed by atoms with Gasteiger partial charge in [0, 0.05) is 55.4 Å². The van der Waals surface area contributed by atoms with E-state index in [-0.39, 0.29) is 0 Å². The highest BCUT2D eigenvalue weighted by Gasteiger charge is 2.13. The fourth-order valence-corrected chi connectivity index (χ4v) is 3.08. The van der Waals surface area contributed by atoms with Gasteiger partial charge in [0.05, 0.1) is 11.3 Å². The van der Waals surface area contributed by atoms with E-state index in [1.165, 1.54) is 0 Å². The summed E-state index contributed by atoms with van der Waals surface area (Å²) < 4.78 is 7.42. The summed E-state index contributed by atoms with van der Waals surface area (Å²) in [6, 6.07) is 9.65. The molecule has 1 aromatic carbocycles. The van der Waals surface area contributed by atoms with Crippen LogP contribution in [0.4, 0.5) is 5.69 Å². The molecule has 0 bridgehead atoms. The predicted molar refractivity (Wildman–Crippen MR) is 111 cm³/mol. The molecule has 0 radical (unpaired) electrons. The molecular weight excluding hydrogens is 354 g/mol. The minimum absolute atomic E-state index is 0.402. The van der Waals surface area contributed by atoms with Gasteiger partial charge in [0.15, 0.2) is 0 Å². The Balaban J connectivity index is 1.72. The second kappa shape index (κ2) is 7.09. The summed E-state index contributed by atoms with van der Waals surface area (Å²) >= 11 is 0. The van der Waals surface area contributed by atoms with Gasteiger partial charge in [0.25, 0.3) is 0 Å². The van der Waals surface area contributed by atoms with Crippen molar-refractivity contribution in [1.82, 2.24) is 19.3 Å². The highest BCUT2D eigenvalue weighted by Crippen LogP contribution is 2.24. The van der Waals surface area contributed by atoms with Crippen LogP contribution in [0, 0.1) is 6.92 Å². The summed E-state index contributed by atoms with van der Waals surface area (Å²) in [7, 11) is 6.12. The van der Waals surface area contributed by atoms with Crippen molar-refractivity contribution in [3.05, 3.63) is 58.8 Å². The molecule has 0 unspecified atom stereocenters. The van der Waals surface area contributed by atoms with Crippen molar-refractivity contribution in [3.8, 4) is 11.3 Å². The maximum absolute atomic E-state index is 12.6. The van der Waals surface area contributed by atoms with E-state index < -0.39 is 5.63 Å². The Bertz CT molecular complexity index is 1210. The predicted octanol–water partition coefficient (Wildman–Crippen LogP) is 2.81. The van der Waals surface area contributed by atoms with E-state index in [0.717, 1.165) is 29.9 Å². The second-order valence-electron chi connectivity index (χ2n) is 7.30. The summed E-state index contributed by atoms with van der Waals surface area (Å²) in [6.07, 6.45) is 3.68. The molecule has 0 aliphatic heterocycles. The summed E-state index contributed by atoms with van der Waals surface area (Å²) in [5.41, 5.74) is 3.05. The van der Waals surface area contributed by atoms with E-state index in [0.29, 0.717) is 22.6 Å². The lowest BCUT2D eigenvalue weighted by Gasteiger charge is -2.21. The third-order valence-electron chi connectivity index (χ3n) is 4.78. The summed E-state index contributed by atoms with van der Waals surface area (Å²) in [5, 5.41) is 0.862. The topological polar surface area (TPSA) is 66.9 Å². The van der Waals surface area contributed by atoms with Crippen LogP contribution in [0.2, 0.25) is 0 Å². The summed E-state index contributed by atoms with van der Waals surface area (Å²) in [6.45, 7) is 3.74. The van der Waals surface area contributed by atoms with Crippen LogP contribution in [0.25, 0.3) is 28.0 Å². The Kier molecular flexibility index (Phi) is 4.60. The van der Waals surface area contributed by atoms with Gasteiger partial charge in [-0.25, -0.2) is 14.8 Å². The van der Waals surface area contributed by atoms with Gasteiger partial charge in [-0.2, -0.15) is 0 Å². The quantitative estimate of drug-likeness (QED) is 0.498. The Morgan fingerprint density at radius 3 is 2.68 bits per heavy atom. The zero-order chi connectivity index (χ0) is 19.8. The molecule has 0 aliphatic carbocycles. The summed E-state index contributed by atoms with van der Waals surface area (Å²) in [5.74, 6) is 0.562. The van der Waals surface area contributed by atoms with E-state index in [1.54, 1.807) is 10.6 Å². The molecule has 4 rings (SSSR count). The number of nitrogens with zero attached hydrogens (tertiary/aromatic N) is 5. The first-order valence-corrected chi connectivity index (χ1v) is 9.17. The van der Waals surface area contributed by atoms with Crippen LogP contribution in [0.15, 0.2) is 51.9 Å². The molecule has 3 heterocycles. The van der Waals surface area contributed by atoms with Crippen LogP contribution in [-0.4, -0.2) is 53.5 Å². The number of imidazole rings is 1. The maximum atomic E-state index is 12.6. The third kappa shape index (κ3) is 3.48. The minimum Gasteiger partial charge on any atom is -0.422 e. The highest BCUT2D eigenvalue weighted by molar-refractivity contribution is 5.84. The van der Waals surface area contributed by atoms with Gasteiger partial charge in [-0.05, 0) is 45.3 Å². The van der Waals surface area contributed by atoms with Gasteiger partial charge < -0.3 is 14.2 Å². The lowest BCUT2D eigenvalue weighted by Crippen LogP contribution is -2.28. The SMILES string of the molecule is Cc1ccn2cc(-c3cc4ccc(N(C)CCN(C)C)cc4oc3=O)nc2n1. The first-order valence-electron chi connectivity index (χ1n) is 9.17. The van der Waals surface area contributed by atoms with Crippen LogP contribution >= 0.6 is 0 Å². The molecule has 0 N–H and O–H groups in total. The lowest BCUT2D eigenvalue weighted by atomic mass is 10.1. The molecular formula is C21H23N5O2. The standard InChI is InChI=1S/C21H23N5O2/c1-14-7-8-26-13-18(23-21(26)22-14)17-11-15-5-6-16(12-19(15)28-20(17)27)25(4)10-9-24(2)3/h5-8,11-13H,9-10H2,1-4H3. The van der Waals surface area contributed by atoms with Gasteiger partial charge >= 0.3 is 5.63 Å². The van der Waals surface area contributed by atoms with Gasteiger partial charge in [-0.3, -0.25) is 4.40 Å². The van der Waals surface area contributed by atoms with Crippen molar-refractivity contribution in [2.45, 2.75) is 6.92 Å². The first kappa shape index (κ1) is 18.2. The van der Waals surface area contributed by atoms with Crippen molar-refractivity contribution < 1.29 is 4.42 Å². The smallest absolute Gasteiger partial charge is 0.345 e. The van der Waals surface area contributed by atoms with Gasteiger partial charge in [-0.1, -0.05) is 0 Å². The molecule has 144 valence electrons. The molecule has 7 nitrogen and oxygen atoms in total. The van der Waals surface area contributed by atoms with E-state index >= 15 is 0 Å². The number of aryl methyl sites for hydroxylation is 1. The molecule has 28 heavy (non-hydrogen) atoms. The lowest BCUT2D eigenvalue weighted by molar-refractivity contribution is 0.416. The van der Waals surface area contributed by atoms with E-state index in [4.69, 9.17) is 4.42 Å². The monoisotopic (exact) mass is 377 g/mol. The first-order chi connectivity index (χ1) is 13.4. The van der Waals surface area contributed by atoms with E-state index in [1.807, 2.05) is 64.6 Å². The molecule has 7 heteroatoms. The number of hydrogen-bond acceptors (Lipinski definition) is 6.